The Morgan fingerprint density at radius 2 is 1.25 bits per heavy atom. The molecule has 6 heteroatoms. The normalized spacial score (nSPS) is 16.6. The van der Waals surface area contributed by atoms with E-state index < -0.39 is 7.12 Å². The van der Waals surface area contributed by atoms with E-state index in [2.05, 4.69) is 6.07 Å². The first-order chi connectivity index (χ1) is 15.2. The van der Waals surface area contributed by atoms with E-state index in [0.29, 0.717) is 11.1 Å². The summed E-state index contributed by atoms with van der Waals surface area (Å²) in [6.45, 7) is 8.18. The second-order valence-corrected chi connectivity index (χ2v) is 8.92. The van der Waals surface area contributed by atoms with E-state index in [4.69, 9.17) is 24.9 Å². The summed E-state index contributed by atoms with van der Waals surface area (Å²) < 4.78 is 17.8. The third kappa shape index (κ3) is 4.38. The van der Waals surface area contributed by atoms with Crippen LogP contribution in [-0.2, 0) is 14.0 Å². The monoisotopic (exact) mass is 426 g/mol. The van der Waals surface area contributed by atoms with Crippen LogP contribution in [0.2, 0.25) is 0 Å². The van der Waals surface area contributed by atoms with Crippen LogP contribution in [0.3, 0.4) is 0 Å². The highest BCUT2D eigenvalue weighted by Gasteiger charge is 2.51. The SMILES string of the molecule is CC1(C)OB(c2cccc(-c3ccc(C(=N)OC(=N)c4ccccc4)cc3)c2)OC1(C)C. The number of benzene rings is 3. The van der Waals surface area contributed by atoms with Crippen molar-refractivity contribution in [2.24, 2.45) is 0 Å². The Hall–Kier alpha value is -3.22. The van der Waals surface area contributed by atoms with Crippen molar-refractivity contribution in [2.45, 2.75) is 38.9 Å². The molecular formula is C26H27BN2O3. The van der Waals surface area contributed by atoms with Crippen LogP contribution in [0.5, 0.6) is 0 Å². The highest BCUT2D eigenvalue weighted by atomic mass is 16.7. The van der Waals surface area contributed by atoms with E-state index in [0.717, 1.165) is 16.6 Å². The fourth-order valence-electron chi connectivity index (χ4n) is 3.47. The average Bonchev–Trinajstić information content (AvgIpc) is 3.01. The van der Waals surface area contributed by atoms with Crippen LogP contribution >= 0.6 is 0 Å². The molecule has 0 bridgehead atoms. The summed E-state index contributed by atoms with van der Waals surface area (Å²) >= 11 is 0. The molecule has 3 aromatic rings. The minimum atomic E-state index is -0.412. The molecule has 0 radical (unpaired) electrons. The van der Waals surface area contributed by atoms with E-state index in [-0.39, 0.29) is 23.0 Å². The molecule has 0 amide bonds. The first kappa shape index (κ1) is 22.0. The molecule has 3 aromatic carbocycles. The predicted octanol–water partition coefficient (Wildman–Crippen LogP) is 5.02. The van der Waals surface area contributed by atoms with Gasteiger partial charge in [0, 0.05) is 11.1 Å². The van der Waals surface area contributed by atoms with Gasteiger partial charge in [-0.15, -0.1) is 0 Å². The van der Waals surface area contributed by atoms with Crippen LogP contribution in [-0.4, -0.2) is 30.1 Å². The van der Waals surface area contributed by atoms with Gasteiger partial charge in [-0.2, -0.15) is 0 Å². The molecule has 1 saturated heterocycles. The van der Waals surface area contributed by atoms with Crippen molar-refractivity contribution in [3.05, 3.63) is 90.0 Å². The lowest BCUT2D eigenvalue weighted by molar-refractivity contribution is 0.00578. The Labute approximate surface area is 189 Å². The smallest absolute Gasteiger partial charge is 0.421 e. The second-order valence-electron chi connectivity index (χ2n) is 8.92. The van der Waals surface area contributed by atoms with Gasteiger partial charge in [-0.3, -0.25) is 10.8 Å². The zero-order chi connectivity index (χ0) is 22.9. The third-order valence-corrected chi connectivity index (χ3v) is 6.13. The fraction of sp³-hybridized carbons (Fsp3) is 0.231. The quantitative estimate of drug-likeness (QED) is 0.350. The van der Waals surface area contributed by atoms with Crippen molar-refractivity contribution >= 4 is 24.4 Å². The van der Waals surface area contributed by atoms with Gasteiger partial charge in [0.1, 0.15) is 0 Å². The first-order valence-electron chi connectivity index (χ1n) is 10.6. The largest absolute Gasteiger partial charge is 0.494 e. The maximum atomic E-state index is 8.21. The third-order valence-electron chi connectivity index (χ3n) is 6.13. The number of nitrogens with one attached hydrogen (secondary N) is 2. The molecule has 1 heterocycles. The van der Waals surface area contributed by atoms with Gasteiger partial charge >= 0.3 is 7.12 Å². The highest BCUT2D eigenvalue weighted by Crippen LogP contribution is 2.36. The van der Waals surface area contributed by atoms with Crippen LogP contribution in [0.4, 0.5) is 0 Å². The molecule has 0 unspecified atom stereocenters. The lowest BCUT2D eigenvalue weighted by Crippen LogP contribution is -2.41. The molecule has 4 rings (SSSR count). The number of hydrogen-bond acceptors (Lipinski definition) is 5. The van der Waals surface area contributed by atoms with Crippen LogP contribution in [0.25, 0.3) is 11.1 Å². The van der Waals surface area contributed by atoms with Crippen LogP contribution < -0.4 is 5.46 Å². The molecule has 5 nitrogen and oxygen atoms in total. The summed E-state index contributed by atoms with van der Waals surface area (Å²) in [5.41, 5.74) is 3.49. The van der Waals surface area contributed by atoms with Crippen molar-refractivity contribution < 1.29 is 14.0 Å². The van der Waals surface area contributed by atoms with Gasteiger partial charge in [0.15, 0.2) is 0 Å². The Morgan fingerprint density at radius 3 is 1.84 bits per heavy atom. The first-order valence-corrected chi connectivity index (χ1v) is 10.6. The predicted molar refractivity (Wildman–Crippen MR) is 129 cm³/mol. The minimum absolute atomic E-state index is 0.0465. The average molecular weight is 426 g/mol. The van der Waals surface area contributed by atoms with Gasteiger partial charge in [0.2, 0.25) is 11.8 Å². The molecule has 0 atom stereocenters. The van der Waals surface area contributed by atoms with E-state index in [1.165, 1.54) is 0 Å². The molecule has 1 aliphatic heterocycles. The van der Waals surface area contributed by atoms with Gasteiger partial charge in [0.25, 0.3) is 0 Å². The van der Waals surface area contributed by atoms with Gasteiger partial charge in [0.05, 0.1) is 11.2 Å². The molecule has 0 saturated carbocycles. The standard InChI is InChI=1S/C26H27BN2O3/c1-25(2)26(3,4)32-27(31-25)22-12-8-11-21(17-22)18-13-15-20(16-14-18)24(29)30-23(28)19-9-6-5-7-10-19/h5-17,28-29H,1-4H3. The number of hydrogen-bond donors (Lipinski definition) is 2. The Kier molecular flexibility index (Phi) is 5.76. The van der Waals surface area contributed by atoms with Gasteiger partial charge < -0.3 is 14.0 Å². The van der Waals surface area contributed by atoms with Crippen molar-refractivity contribution in [3.8, 4) is 11.1 Å². The maximum absolute atomic E-state index is 8.21. The van der Waals surface area contributed by atoms with Crippen molar-refractivity contribution in [3.63, 3.8) is 0 Å². The molecule has 0 spiro atoms. The summed E-state index contributed by atoms with van der Waals surface area (Å²) in [5.74, 6) is -0.105. The molecule has 1 fully saturated rings. The molecular weight excluding hydrogens is 399 g/mol. The highest BCUT2D eigenvalue weighted by molar-refractivity contribution is 6.62. The Morgan fingerprint density at radius 1 is 0.688 bits per heavy atom. The topological polar surface area (TPSA) is 75.4 Å². The number of ether oxygens (including phenoxy) is 1. The van der Waals surface area contributed by atoms with Gasteiger partial charge in [-0.05, 0) is 68.6 Å². The summed E-state index contributed by atoms with van der Waals surface area (Å²) in [6, 6.07) is 24.8. The lowest BCUT2D eigenvalue weighted by Gasteiger charge is -2.32. The molecule has 0 aliphatic carbocycles. The zero-order valence-electron chi connectivity index (χ0n) is 18.8. The Balaban J connectivity index is 1.48. The summed E-state index contributed by atoms with van der Waals surface area (Å²) in [5, 5.41) is 16.3. The van der Waals surface area contributed by atoms with Crippen molar-refractivity contribution in [1.82, 2.24) is 0 Å². The van der Waals surface area contributed by atoms with E-state index in [9.17, 15) is 0 Å². The van der Waals surface area contributed by atoms with Crippen molar-refractivity contribution in [1.29, 1.82) is 10.8 Å². The van der Waals surface area contributed by atoms with Gasteiger partial charge in [-0.25, -0.2) is 0 Å². The molecule has 162 valence electrons. The van der Waals surface area contributed by atoms with Crippen LogP contribution in [0.1, 0.15) is 38.8 Å². The zero-order valence-corrected chi connectivity index (χ0v) is 18.8. The van der Waals surface area contributed by atoms with E-state index >= 15 is 0 Å². The van der Waals surface area contributed by atoms with Crippen molar-refractivity contribution in [2.75, 3.05) is 0 Å². The van der Waals surface area contributed by atoms with Crippen LogP contribution in [0.15, 0.2) is 78.9 Å². The summed E-state index contributed by atoms with van der Waals surface area (Å²) in [4.78, 5) is 0. The lowest BCUT2D eigenvalue weighted by atomic mass is 9.78. The summed E-state index contributed by atoms with van der Waals surface area (Å²) in [6.07, 6.45) is 0. The molecule has 32 heavy (non-hydrogen) atoms. The number of rotatable bonds is 4. The minimum Gasteiger partial charge on any atom is -0.421 e. The Bertz CT molecular complexity index is 1130. The fourth-order valence-corrected chi connectivity index (χ4v) is 3.47. The maximum Gasteiger partial charge on any atom is 0.494 e. The molecule has 1 aliphatic rings. The summed E-state index contributed by atoms with van der Waals surface area (Å²) in [7, 11) is -0.412. The molecule has 2 N–H and O–H groups in total. The van der Waals surface area contributed by atoms with E-state index in [1.54, 1.807) is 12.1 Å². The van der Waals surface area contributed by atoms with Crippen LogP contribution in [0, 0.1) is 10.8 Å². The molecule has 0 aromatic heterocycles. The van der Waals surface area contributed by atoms with E-state index in [1.807, 2.05) is 88.4 Å². The second kappa shape index (κ2) is 8.38. The van der Waals surface area contributed by atoms with Gasteiger partial charge in [-0.1, -0.05) is 54.6 Å².